The Morgan fingerprint density at radius 2 is 1.97 bits per heavy atom. The van der Waals surface area contributed by atoms with Gasteiger partial charge in [0.25, 0.3) is 0 Å². The SMILES string of the molecule is COc1cccc(CN(C)C(=O)CSc2nccn2-c2ccc(C)cc2C)c1OC. The van der Waals surface area contributed by atoms with Crippen LogP contribution in [0.4, 0.5) is 0 Å². The second-order valence-electron chi connectivity index (χ2n) is 7.06. The van der Waals surface area contributed by atoms with Gasteiger partial charge in [-0.05, 0) is 31.5 Å². The lowest BCUT2D eigenvalue weighted by atomic mass is 10.1. The number of hydrogen-bond acceptors (Lipinski definition) is 5. The van der Waals surface area contributed by atoms with Crippen molar-refractivity contribution in [3.05, 3.63) is 65.5 Å². The van der Waals surface area contributed by atoms with E-state index in [9.17, 15) is 4.79 Å². The predicted octanol–water partition coefficient (Wildman–Crippen LogP) is 4.26. The third kappa shape index (κ3) is 4.79. The molecule has 0 spiro atoms. The van der Waals surface area contributed by atoms with Crippen LogP contribution >= 0.6 is 11.8 Å². The highest BCUT2D eigenvalue weighted by atomic mass is 32.2. The molecule has 6 nitrogen and oxygen atoms in total. The molecule has 0 saturated carbocycles. The fraction of sp³-hybridized carbons (Fsp3) is 0.304. The Morgan fingerprint density at radius 3 is 2.67 bits per heavy atom. The molecule has 7 heteroatoms. The fourth-order valence-corrected chi connectivity index (χ4v) is 4.22. The highest BCUT2D eigenvalue weighted by Crippen LogP contribution is 2.31. The van der Waals surface area contributed by atoms with Gasteiger partial charge in [0, 0.05) is 31.5 Å². The van der Waals surface area contributed by atoms with Crippen molar-refractivity contribution < 1.29 is 14.3 Å². The Bertz CT molecular complexity index is 1030. The molecule has 0 radical (unpaired) electrons. The van der Waals surface area contributed by atoms with Gasteiger partial charge in [-0.3, -0.25) is 9.36 Å². The minimum absolute atomic E-state index is 0.0139. The van der Waals surface area contributed by atoms with Gasteiger partial charge in [0.2, 0.25) is 5.91 Å². The molecule has 0 unspecified atom stereocenters. The molecule has 0 N–H and O–H groups in total. The van der Waals surface area contributed by atoms with E-state index in [2.05, 4.69) is 37.0 Å². The number of benzene rings is 2. The summed E-state index contributed by atoms with van der Waals surface area (Å²) in [5, 5.41) is 0.794. The zero-order valence-electron chi connectivity index (χ0n) is 18.0. The summed E-state index contributed by atoms with van der Waals surface area (Å²) in [6.07, 6.45) is 3.69. The van der Waals surface area contributed by atoms with E-state index in [-0.39, 0.29) is 5.91 Å². The lowest BCUT2D eigenvalue weighted by Gasteiger charge is -2.20. The summed E-state index contributed by atoms with van der Waals surface area (Å²) in [5.74, 6) is 1.61. The number of carbonyl (C=O) groups excluding carboxylic acids is 1. The Kier molecular flexibility index (Phi) is 7.05. The molecule has 0 saturated heterocycles. The molecule has 0 atom stereocenters. The molecule has 0 aliphatic carbocycles. The number of para-hydroxylation sites is 1. The molecule has 1 heterocycles. The second kappa shape index (κ2) is 9.71. The lowest BCUT2D eigenvalue weighted by Crippen LogP contribution is -2.28. The number of amides is 1. The van der Waals surface area contributed by atoms with E-state index in [1.807, 2.05) is 29.0 Å². The largest absolute Gasteiger partial charge is 0.493 e. The number of aryl methyl sites for hydroxylation is 2. The first kappa shape index (κ1) is 21.8. The average Bonchev–Trinajstić information content (AvgIpc) is 3.19. The van der Waals surface area contributed by atoms with Gasteiger partial charge < -0.3 is 14.4 Å². The zero-order chi connectivity index (χ0) is 21.7. The molecule has 2 aromatic carbocycles. The van der Waals surface area contributed by atoms with Crippen molar-refractivity contribution in [1.82, 2.24) is 14.5 Å². The predicted molar refractivity (Wildman–Crippen MR) is 120 cm³/mol. The summed E-state index contributed by atoms with van der Waals surface area (Å²) in [4.78, 5) is 18.9. The van der Waals surface area contributed by atoms with E-state index in [1.165, 1.54) is 22.9 Å². The van der Waals surface area contributed by atoms with Crippen LogP contribution in [0.3, 0.4) is 0 Å². The van der Waals surface area contributed by atoms with Gasteiger partial charge in [0.1, 0.15) is 0 Å². The third-order valence-electron chi connectivity index (χ3n) is 4.86. The van der Waals surface area contributed by atoms with Crippen molar-refractivity contribution in [3.8, 4) is 17.2 Å². The van der Waals surface area contributed by atoms with Crippen molar-refractivity contribution in [2.45, 2.75) is 25.5 Å². The molecule has 3 aromatic rings. The number of imidazole rings is 1. The zero-order valence-corrected chi connectivity index (χ0v) is 18.8. The Labute approximate surface area is 181 Å². The van der Waals surface area contributed by atoms with Crippen molar-refractivity contribution >= 4 is 17.7 Å². The van der Waals surface area contributed by atoms with Gasteiger partial charge in [-0.2, -0.15) is 0 Å². The van der Waals surface area contributed by atoms with Gasteiger partial charge in [-0.25, -0.2) is 4.98 Å². The number of hydrogen-bond donors (Lipinski definition) is 0. The van der Waals surface area contributed by atoms with Crippen LogP contribution in [0.2, 0.25) is 0 Å². The first-order valence-corrected chi connectivity index (χ1v) is 10.6. The van der Waals surface area contributed by atoms with Gasteiger partial charge in [-0.1, -0.05) is 41.6 Å². The Morgan fingerprint density at radius 1 is 1.17 bits per heavy atom. The Hall–Kier alpha value is -2.93. The van der Waals surface area contributed by atoms with E-state index < -0.39 is 0 Å². The Balaban J connectivity index is 1.68. The monoisotopic (exact) mass is 425 g/mol. The van der Waals surface area contributed by atoms with E-state index in [0.29, 0.717) is 23.8 Å². The third-order valence-corrected chi connectivity index (χ3v) is 5.81. The first-order chi connectivity index (χ1) is 14.4. The summed E-state index contributed by atoms with van der Waals surface area (Å²) in [5.41, 5.74) is 4.36. The maximum Gasteiger partial charge on any atom is 0.233 e. The second-order valence-corrected chi connectivity index (χ2v) is 8.00. The molecule has 30 heavy (non-hydrogen) atoms. The van der Waals surface area contributed by atoms with Gasteiger partial charge in [0.15, 0.2) is 16.7 Å². The van der Waals surface area contributed by atoms with Crippen LogP contribution in [-0.4, -0.2) is 47.4 Å². The topological polar surface area (TPSA) is 56.6 Å². The van der Waals surface area contributed by atoms with Gasteiger partial charge in [-0.15, -0.1) is 0 Å². The van der Waals surface area contributed by atoms with Gasteiger partial charge >= 0.3 is 0 Å². The molecule has 0 aliphatic rings. The van der Waals surface area contributed by atoms with Crippen LogP contribution in [0.25, 0.3) is 5.69 Å². The average molecular weight is 426 g/mol. The standard InChI is InChI=1S/C23H27N3O3S/c1-16-9-10-19(17(2)13-16)26-12-11-24-23(26)30-15-21(27)25(3)14-18-7-6-8-20(28-4)22(18)29-5/h6-13H,14-15H2,1-5H3. The molecule has 0 bridgehead atoms. The van der Waals surface area contributed by atoms with E-state index in [1.54, 1.807) is 32.4 Å². The van der Waals surface area contributed by atoms with Crippen LogP contribution in [0, 0.1) is 13.8 Å². The van der Waals surface area contributed by atoms with Crippen molar-refractivity contribution in [2.75, 3.05) is 27.0 Å². The quantitative estimate of drug-likeness (QED) is 0.505. The first-order valence-electron chi connectivity index (χ1n) is 9.62. The maximum atomic E-state index is 12.8. The van der Waals surface area contributed by atoms with E-state index in [0.717, 1.165) is 16.4 Å². The molecule has 158 valence electrons. The number of nitrogens with zero attached hydrogens (tertiary/aromatic N) is 3. The minimum atomic E-state index is 0.0139. The highest BCUT2D eigenvalue weighted by molar-refractivity contribution is 7.99. The van der Waals surface area contributed by atoms with E-state index >= 15 is 0 Å². The summed E-state index contributed by atoms with van der Waals surface area (Å²) < 4.78 is 12.8. The summed E-state index contributed by atoms with van der Waals surface area (Å²) in [6.45, 7) is 4.59. The molecule has 1 amide bonds. The molecule has 3 rings (SSSR count). The summed E-state index contributed by atoms with van der Waals surface area (Å²) in [6, 6.07) is 12.0. The molecule has 1 aromatic heterocycles. The number of carbonyl (C=O) groups is 1. The van der Waals surface area contributed by atoms with Gasteiger partial charge in [0.05, 0.1) is 25.7 Å². The minimum Gasteiger partial charge on any atom is -0.493 e. The number of rotatable bonds is 8. The van der Waals surface area contributed by atoms with Crippen molar-refractivity contribution in [3.63, 3.8) is 0 Å². The maximum absolute atomic E-state index is 12.8. The normalized spacial score (nSPS) is 10.7. The van der Waals surface area contributed by atoms with Crippen molar-refractivity contribution in [2.24, 2.45) is 0 Å². The smallest absolute Gasteiger partial charge is 0.233 e. The molecular weight excluding hydrogens is 398 g/mol. The van der Waals surface area contributed by atoms with Crippen molar-refractivity contribution in [1.29, 1.82) is 0 Å². The number of aromatic nitrogens is 2. The molecule has 0 aliphatic heterocycles. The van der Waals surface area contributed by atoms with E-state index in [4.69, 9.17) is 9.47 Å². The number of thioether (sulfide) groups is 1. The van der Waals surface area contributed by atoms with Crippen LogP contribution in [-0.2, 0) is 11.3 Å². The van der Waals surface area contributed by atoms with Crippen LogP contribution in [0.1, 0.15) is 16.7 Å². The fourth-order valence-electron chi connectivity index (χ4n) is 3.31. The van der Waals surface area contributed by atoms with Crippen LogP contribution in [0.5, 0.6) is 11.5 Å². The summed E-state index contributed by atoms with van der Waals surface area (Å²) in [7, 11) is 5.00. The van der Waals surface area contributed by atoms with Crippen LogP contribution < -0.4 is 9.47 Å². The molecular formula is C23H27N3O3S. The highest BCUT2D eigenvalue weighted by Gasteiger charge is 2.17. The summed E-state index contributed by atoms with van der Waals surface area (Å²) >= 11 is 1.43. The lowest BCUT2D eigenvalue weighted by molar-refractivity contribution is -0.127. The van der Waals surface area contributed by atoms with Crippen LogP contribution in [0.15, 0.2) is 53.9 Å². The number of ether oxygens (including phenoxy) is 2. The number of methoxy groups -OCH3 is 2. The molecule has 0 fully saturated rings.